The van der Waals surface area contributed by atoms with Crippen LogP contribution < -0.4 is 0 Å². The Bertz CT molecular complexity index is 519. The predicted octanol–water partition coefficient (Wildman–Crippen LogP) is 4.18. The van der Waals surface area contributed by atoms with Gasteiger partial charge < -0.3 is 9.97 Å². The maximum Gasteiger partial charge on any atom is 0.147 e. The summed E-state index contributed by atoms with van der Waals surface area (Å²) in [6.07, 6.45) is 22.3. The van der Waals surface area contributed by atoms with Gasteiger partial charge in [-0.05, 0) is 12.8 Å². The molecule has 0 atom stereocenters. The molecule has 2 aromatic rings. The molecule has 0 radical (unpaired) electrons. The molecule has 0 aliphatic carbocycles. The van der Waals surface area contributed by atoms with Gasteiger partial charge in [0.05, 0.1) is 12.4 Å². The maximum absolute atomic E-state index is 4.38. The first-order chi connectivity index (χ1) is 12.4. The van der Waals surface area contributed by atoms with Crippen LogP contribution in [0, 0.1) is 0 Å². The summed E-state index contributed by atoms with van der Waals surface area (Å²) in [6, 6.07) is 0. The van der Waals surface area contributed by atoms with Gasteiger partial charge in [-0.15, -0.1) is 0 Å². The Labute approximate surface area is 150 Å². The van der Waals surface area contributed by atoms with Crippen molar-refractivity contribution in [2.75, 3.05) is 13.1 Å². The lowest BCUT2D eigenvalue weighted by Gasteiger charge is -2.01. The lowest BCUT2D eigenvalue weighted by atomic mass is 10.1. The van der Waals surface area contributed by atoms with Crippen molar-refractivity contribution in [1.82, 2.24) is 19.9 Å². The molecule has 0 spiro atoms. The minimum Gasteiger partial charge on any atom is -0.344 e. The van der Waals surface area contributed by atoms with Crippen LogP contribution in [0.5, 0.6) is 0 Å². The largest absolute Gasteiger partial charge is 0.344 e. The molecule has 2 rings (SSSR count). The van der Waals surface area contributed by atoms with Crippen molar-refractivity contribution in [3.63, 3.8) is 0 Å². The van der Waals surface area contributed by atoms with Crippen LogP contribution in [-0.4, -0.2) is 45.5 Å². The summed E-state index contributed by atoms with van der Waals surface area (Å²) in [5.74, 6) is 1.68. The molecule has 0 saturated heterocycles. The Morgan fingerprint density at radius 2 is 1.04 bits per heavy atom. The van der Waals surface area contributed by atoms with Crippen LogP contribution in [-0.2, 0) is 0 Å². The van der Waals surface area contributed by atoms with Crippen molar-refractivity contribution in [3.8, 4) is 0 Å². The second-order valence-corrected chi connectivity index (χ2v) is 6.20. The van der Waals surface area contributed by atoms with E-state index in [-0.39, 0.29) is 0 Å². The van der Waals surface area contributed by atoms with Crippen LogP contribution >= 0.6 is 0 Å². The zero-order chi connectivity index (χ0) is 17.4. The van der Waals surface area contributed by atoms with E-state index in [1.165, 1.54) is 57.8 Å². The fourth-order valence-corrected chi connectivity index (χ4v) is 2.64. The monoisotopic (exact) mass is 342 g/mol. The van der Waals surface area contributed by atoms with Crippen molar-refractivity contribution in [2.24, 2.45) is 9.98 Å². The SMILES string of the molecule is C(=NCCCCCCCCCCCN=Cc1ncc[nH]1)c1ncc[nH]1. The van der Waals surface area contributed by atoms with Crippen LogP contribution in [0.25, 0.3) is 0 Å². The van der Waals surface area contributed by atoms with Gasteiger partial charge in [-0.2, -0.15) is 0 Å². The van der Waals surface area contributed by atoms with Gasteiger partial charge in [-0.25, -0.2) is 9.97 Å². The van der Waals surface area contributed by atoms with E-state index in [1.807, 2.05) is 24.8 Å². The van der Waals surface area contributed by atoms with Crippen LogP contribution in [0.2, 0.25) is 0 Å². The summed E-state index contributed by atoms with van der Waals surface area (Å²) in [5.41, 5.74) is 0. The summed E-state index contributed by atoms with van der Waals surface area (Å²) in [6.45, 7) is 1.80. The van der Waals surface area contributed by atoms with Crippen molar-refractivity contribution >= 4 is 12.4 Å². The Kier molecular flexibility index (Phi) is 10.00. The molecule has 0 aliphatic rings. The number of nitrogens with zero attached hydrogens (tertiary/aromatic N) is 4. The highest BCUT2D eigenvalue weighted by molar-refractivity contribution is 5.74. The number of aliphatic imine (C=N–C) groups is 2. The predicted molar refractivity (Wildman–Crippen MR) is 104 cm³/mol. The zero-order valence-electron chi connectivity index (χ0n) is 15.0. The molecule has 136 valence electrons. The quantitative estimate of drug-likeness (QED) is 0.399. The Balaban J connectivity index is 1.30. The molecular formula is C19H30N6. The zero-order valence-corrected chi connectivity index (χ0v) is 15.0. The highest BCUT2D eigenvalue weighted by atomic mass is 14.9. The molecule has 0 amide bonds. The van der Waals surface area contributed by atoms with E-state index in [0.29, 0.717) is 0 Å². The molecule has 0 saturated carbocycles. The molecule has 25 heavy (non-hydrogen) atoms. The third kappa shape index (κ3) is 9.59. The number of hydrogen-bond acceptors (Lipinski definition) is 4. The van der Waals surface area contributed by atoms with E-state index >= 15 is 0 Å². The Hall–Kier alpha value is -2.24. The lowest BCUT2D eigenvalue weighted by Crippen LogP contribution is -1.88. The first kappa shape index (κ1) is 19.1. The standard InChI is InChI=1S/C19H30N6/c1(2-4-6-8-10-20-16-18-22-12-13-23-18)3-5-7-9-11-21-17-19-24-14-15-25-19/h12-17H,1-11H2,(H,22,23)(H,24,25). The van der Waals surface area contributed by atoms with Crippen molar-refractivity contribution in [2.45, 2.75) is 57.8 Å². The number of aromatic amines is 2. The van der Waals surface area contributed by atoms with Gasteiger partial charge in [0.15, 0.2) is 0 Å². The fourth-order valence-electron chi connectivity index (χ4n) is 2.64. The third-order valence-electron chi connectivity index (χ3n) is 4.04. The summed E-state index contributed by atoms with van der Waals surface area (Å²) >= 11 is 0. The molecule has 6 heteroatoms. The molecule has 0 aromatic carbocycles. The molecule has 0 fully saturated rings. The Morgan fingerprint density at radius 3 is 1.40 bits per heavy atom. The van der Waals surface area contributed by atoms with E-state index in [4.69, 9.17) is 0 Å². The average molecular weight is 342 g/mol. The average Bonchev–Trinajstić information content (AvgIpc) is 3.32. The summed E-state index contributed by atoms with van der Waals surface area (Å²) in [5, 5.41) is 0. The van der Waals surface area contributed by atoms with E-state index in [1.54, 1.807) is 12.4 Å². The van der Waals surface area contributed by atoms with E-state index < -0.39 is 0 Å². The molecule has 2 N–H and O–H groups in total. The smallest absolute Gasteiger partial charge is 0.147 e. The summed E-state index contributed by atoms with van der Waals surface area (Å²) in [7, 11) is 0. The number of nitrogens with one attached hydrogen (secondary N) is 2. The number of H-pyrrole nitrogens is 2. The minimum atomic E-state index is 0.839. The molecule has 0 unspecified atom stereocenters. The molecule has 0 aliphatic heterocycles. The van der Waals surface area contributed by atoms with Crippen LogP contribution in [0.15, 0.2) is 34.8 Å². The van der Waals surface area contributed by atoms with E-state index in [0.717, 1.165) is 24.7 Å². The lowest BCUT2D eigenvalue weighted by molar-refractivity contribution is 0.563. The van der Waals surface area contributed by atoms with Crippen LogP contribution in [0.4, 0.5) is 0 Å². The minimum absolute atomic E-state index is 0.839. The molecule has 2 heterocycles. The van der Waals surface area contributed by atoms with Crippen LogP contribution in [0.3, 0.4) is 0 Å². The third-order valence-corrected chi connectivity index (χ3v) is 4.04. The fraction of sp³-hybridized carbons (Fsp3) is 0.579. The molecule has 2 aromatic heterocycles. The summed E-state index contributed by atoms with van der Waals surface area (Å²) in [4.78, 5) is 23.0. The van der Waals surface area contributed by atoms with Gasteiger partial charge in [-0.1, -0.05) is 44.9 Å². The van der Waals surface area contributed by atoms with E-state index in [2.05, 4.69) is 29.9 Å². The van der Waals surface area contributed by atoms with Crippen LogP contribution in [0.1, 0.15) is 69.4 Å². The highest BCUT2D eigenvalue weighted by Crippen LogP contribution is 2.09. The van der Waals surface area contributed by atoms with Gasteiger partial charge in [0, 0.05) is 37.9 Å². The second kappa shape index (κ2) is 13.1. The topological polar surface area (TPSA) is 82.1 Å². The van der Waals surface area contributed by atoms with Gasteiger partial charge >= 0.3 is 0 Å². The number of hydrogen-bond donors (Lipinski definition) is 2. The number of aromatic nitrogens is 4. The Morgan fingerprint density at radius 1 is 0.640 bits per heavy atom. The number of imidazole rings is 2. The van der Waals surface area contributed by atoms with Gasteiger partial charge in [0.2, 0.25) is 0 Å². The van der Waals surface area contributed by atoms with Crippen molar-refractivity contribution < 1.29 is 0 Å². The maximum atomic E-state index is 4.38. The molecule has 6 nitrogen and oxygen atoms in total. The first-order valence-corrected chi connectivity index (χ1v) is 9.43. The van der Waals surface area contributed by atoms with Crippen molar-refractivity contribution in [3.05, 3.63) is 36.4 Å². The first-order valence-electron chi connectivity index (χ1n) is 9.43. The second-order valence-electron chi connectivity index (χ2n) is 6.20. The molecular weight excluding hydrogens is 312 g/mol. The highest BCUT2D eigenvalue weighted by Gasteiger charge is 1.93. The van der Waals surface area contributed by atoms with E-state index in [9.17, 15) is 0 Å². The molecule has 0 bridgehead atoms. The van der Waals surface area contributed by atoms with Crippen molar-refractivity contribution in [1.29, 1.82) is 0 Å². The number of unbranched alkanes of at least 4 members (excludes halogenated alkanes) is 8. The van der Waals surface area contributed by atoms with Gasteiger partial charge in [0.1, 0.15) is 11.6 Å². The van der Waals surface area contributed by atoms with Gasteiger partial charge in [-0.3, -0.25) is 9.98 Å². The van der Waals surface area contributed by atoms with Gasteiger partial charge in [0.25, 0.3) is 0 Å². The number of rotatable bonds is 14. The summed E-state index contributed by atoms with van der Waals surface area (Å²) < 4.78 is 0. The normalized spacial score (nSPS) is 11.8.